The zero-order chi connectivity index (χ0) is 22.5. The van der Waals surface area contributed by atoms with Gasteiger partial charge in [0.2, 0.25) is 0 Å². The molecule has 0 amide bonds. The second-order valence-electron chi connectivity index (χ2n) is 8.78. The summed E-state index contributed by atoms with van der Waals surface area (Å²) >= 11 is 0. The van der Waals surface area contributed by atoms with E-state index in [1.54, 1.807) is 6.08 Å². The SMILES string of the molecule is CC(C)=CCc1c2c(c(O)c3c1O[C@H](c1ccc(O)cc1O)CC3=O)C=CC(C)(C)O2. The Kier molecular flexibility index (Phi) is 4.96. The molecule has 4 rings (SSSR count). The van der Waals surface area contributed by atoms with Gasteiger partial charge in [0.1, 0.15) is 46.0 Å². The molecule has 0 radical (unpaired) electrons. The summed E-state index contributed by atoms with van der Waals surface area (Å²) in [6.07, 6.45) is 5.30. The molecule has 2 aliphatic heterocycles. The van der Waals surface area contributed by atoms with Crippen molar-refractivity contribution in [3.8, 4) is 28.7 Å². The third-order valence-electron chi connectivity index (χ3n) is 5.51. The second kappa shape index (κ2) is 7.38. The highest BCUT2D eigenvalue weighted by Crippen LogP contribution is 2.51. The molecule has 0 saturated heterocycles. The zero-order valence-corrected chi connectivity index (χ0v) is 18.0. The van der Waals surface area contributed by atoms with Crippen molar-refractivity contribution in [2.45, 2.75) is 52.2 Å². The van der Waals surface area contributed by atoms with Crippen LogP contribution in [0.25, 0.3) is 6.08 Å². The fourth-order valence-electron chi connectivity index (χ4n) is 3.93. The first kappa shape index (κ1) is 20.8. The van der Waals surface area contributed by atoms with Crippen LogP contribution in [-0.2, 0) is 6.42 Å². The molecule has 0 spiro atoms. The number of ketones is 1. The van der Waals surface area contributed by atoms with E-state index in [0.29, 0.717) is 28.9 Å². The van der Waals surface area contributed by atoms with Crippen LogP contribution < -0.4 is 9.47 Å². The normalized spacial score (nSPS) is 18.5. The van der Waals surface area contributed by atoms with Gasteiger partial charge in [0.05, 0.1) is 12.0 Å². The van der Waals surface area contributed by atoms with Crippen LogP contribution >= 0.6 is 0 Å². The van der Waals surface area contributed by atoms with E-state index in [1.807, 2.05) is 39.8 Å². The maximum Gasteiger partial charge on any atom is 0.174 e. The highest BCUT2D eigenvalue weighted by molar-refractivity contribution is 6.05. The number of carbonyl (C=O) groups is 1. The minimum absolute atomic E-state index is 0.0458. The number of ether oxygens (including phenoxy) is 2. The topological polar surface area (TPSA) is 96.2 Å². The fraction of sp³-hybridized carbons (Fsp3) is 0.320. The van der Waals surface area contributed by atoms with Crippen molar-refractivity contribution in [2.24, 2.45) is 0 Å². The first-order valence-electron chi connectivity index (χ1n) is 10.2. The van der Waals surface area contributed by atoms with Crippen LogP contribution in [0.15, 0.2) is 35.9 Å². The Balaban J connectivity index is 1.91. The van der Waals surface area contributed by atoms with Gasteiger partial charge in [-0.25, -0.2) is 0 Å². The van der Waals surface area contributed by atoms with Crippen LogP contribution in [0.5, 0.6) is 28.7 Å². The van der Waals surface area contributed by atoms with Crippen LogP contribution in [-0.4, -0.2) is 26.7 Å². The van der Waals surface area contributed by atoms with Crippen molar-refractivity contribution < 1.29 is 29.6 Å². The Morgan fingerprint density at radius 2 is 1.94 bits per heavy atom. The largest absolute Gasteiger partial charge is 0.508 e. The van der Waals surface area contributed by atoms with E-state index in [0.717, 1.165) is 5.57 Å². The number of aromatic hydroxyl groups is 3. The summed E-state index contributed by atoms with van der Waals surface area (Å²) in [7, 11) is 0. The van der Waals surface area contributed by atoms with Gasteiger partial charge in [0, 0.05) is 17.2 Å². The van der Waals surface area contributed by atoms with E-state index in [2.05, 4.69) is 0 Å². The standard InChI is InChI=1S/C25H26O6/c1-13(2)5-7-17-23-16(9-10-25(3,4)31-23)22(29)21-19(28)12-20(30-24(17)21)15-8-6-14(26)11-18(15)27/h5-6,8-11,20,26-27,29H,7,12H2,1-4H3/t20-/m0/s1. The Hall–Kier alpha value is -3.41. The van der Waals surface area contributed by atoms with E-state index < -0.39 is 11.7 Å². The van der Waals surface area contributed by atoms with E-state index in [9.17, 15) is 20.1 Å². The predicted octanol–water partition coefficient (Wildman–Crippen LogP) is 5.20. The molecular weight excluding hydrogens is 396 g/mol. The van der Waals surface area contributed by atoms with Gasteiger partial charge in [-0.2, -0.15) is 0 Å². The fourth-order valence-corrected chi connectivity index (χ4v) is 3.93. The predicted molar refractivity (Wildman–Crippen MR) is 117 cm³/mol. The van der Waals surface area contributed by atoms with Crippen LogP contribution in [0.1, 0.15) is 67.3 Å². The molecule has 0 fully saturated rings. The monoisotopic (exact) mass is 422 g/mol. The number of phenols is 3. The zero-order valence-electron chi connectivity index (χ0n) is 18.0. The maximum atomic E-state index is 13.1. The number of phenolic OH excluding ortho intramolecular Hbond substituents is 3. The highest BCUT2D eigenvalue weighted by atomic mass is 16.5. The number of rotatable bonds is 3. The summed E-state index contributed by atoms with van der Waals surface area (Å²) < 4.78 is 12.4. The summed E-state index contributed by atoms with van der Waals surface area (Å²) in [6, 6.07) is 4.18. The van der Waals surface area contributed by atoms with E-state index in [-0.39, 0.29) is 40.8 Å². The molecule has 2 heterocycles. The van der Waals surface area contributed by atoms with Gasteiger partial charge in [-0.3, -0.25) is 4.79 Å². The van der Waals surface area contributed by atoms with Crippen LogP contribution in [0.3, 0.4) is 0 Å². The maximum absolute atomic E-state index is 13.1. The molecule has 0 unspecified atom stereocenters. The molecular formula is C25H26O6. The first-order valence-corrected chi connectivity index (χ1v) is 10.2. The summed E-state index contributed by atoms with van der Waals surface area (Å²) in [5.41, 5.74) is 2.19. The Labute approximate surface area is 181 Å². The third kappa shape index (κ3) is 3.74. The molecule has 3 N–H and O–H groups in total. The average molecular weight is 422 g/mol. The lowest BCUT2D eigenvalue weighted by atomic mass is 9.88. The molecule has 0 saturated carbocycles. The van der Waals surface area contributed by atoms with Crippen molar-refractivity contribution >= 4 is 11.9 Å². The molecule has 2 aromatic rings. The van der Waals surface area contributed by atoms with Gasteiger partial charge in [0.15, 0.2) is 5.78 Å². The summed E-state index contributed by atoms with van der Waals surface area (Å²) in [4.78, 5) is 13.1. The molecule has 6 heteroatoms. The average Bonchev–Trinajstić information content (AvgIpc) is 2.66. The van der Waals surface area contributed by atoms with Gasteiger partial charge in [-0.15, -0.1) is 0 Å². The molecule has 2 aromatic carbocycles. The molecule has 0 aliphatic carbocycles. The van der Waals surface area contributed by atoms with Gasteiger partial charge < -0.3 is 24.8 Å². The number of hydrogen-bond donors (Lipinski definition) is 3. The van der Waals surface area contributed by atoms with E-state index in [4.69, 9.17) is 9.47 Å². The van der Waals surface area contributed by atoms with Crippen molar-refractivity contribution in [3.05, 3.63) is 58.2 Å². The molecule has 1 atom stereocenters. The molecule has 6 nitrogen and oxygen atoms in total. The number of Topliss-reactive ketones (excluding diaryl/α,β-unsaturated/α-hetero) is 1. The molecule has 162 valence electrons. The molecule has 0 bridgehead atoms. The first-order chi connectivity index (χ1) is 14.6. The van der Waals surface area contributed by atoms with E-state index >= 15 is 0 Å². The number of hydrogen-bond acceptors (Lipinski definition) is 6. The minimum Gasteiger partial charge on any atom is -0.508 e. The van der Waals surface area contributed by atoms with Crippen LogP contribution in [0, 0.1) is 0 Å². The smallest absolute Gasteiger partial charge is 0.174 e. The summed E-state index contributed by atoms with van der Waals surface area (Å²) in [5.74, 6) is 0.0850. The quantitative estimate of drug-likeness (QED) is 0.588. The Bertz CT molecular complexity index is 1140. The molecule has 2 aliphatic rings. The van der Waals surface area contributed by atoms with Gasteiger partial charge in [0.25, 0.3) is 0 Å². The van der Waals surface area contributed by atoms with Crippen molar-refractivity contribution in [1.29, 1.82) is 0 Å². The van der Waals surface area contributed by atoms with Crippen molar-refractivity contribution in [3.63, 3.8) is 0 Å². The number of fused-ring (bicyclic) bond motifs is 2. The van der Waals surface area contributed by atoms with Crippen LogP contribution in [0.2, 0.25) is 0 Å². The van der Waals surface area contributed by atoms with Gasteiger partial charge >= 0.3 is 0 Å². The second-order valence-corrected chi connectivity index (χ2v) is 8.78. The highest BCUT2D eigenvalue weighted by Gasteiger charge is 2.38. The number of carbonyl (C=O) groups excluding carboxylic acids is 1. The van der Waals surface area contributed by atoms with E-state index in [1.165, 1.54) is 18.2 Å². The summed E-state index contributed by atoms with van der Waals surface area (Å²) in [5, 5.41) is 30.8. The van der Waals surface area contributed by atoms with Crippen molar-refractivity contribution in [2.75, 3.05) is 0 Å². The Morgan fingerprint density at radius 3 is 2.61 bits per heavy atom. The van der Waals surface area contributed by atoms with Crippen LogP contribution in [0.4, 0.5) is 0 Å². The minimum atomic E-state index is -0.754. The van der Waals surface area contributed by atoms with Crippen molar-refractivity contribution in [1.82, 2.24) is 0 Å². The third-order valence-corrected chi connectivity index (χ3v) is 5.51. The van der Waals surface area contributed by atoms with Gasteiger partial charge in [-0.1, -0.05) is 11.6 Å². The number of allylic oxidation sites excluding steroid dienone is 2. The Morgan fingerprint density at radius 1 is 1.19 bits per heavy atom. The summed E-state index contributed by atoms with van der Waals surface area (Å²) in [6.45, 7) is 7.79. The lowest BCUT2D eigenvalue weighted by Gasteiger charge is -2.34. The number of benzene rings is 2. The lowest BCUT2D eigenvalue weighted by molar-refractivity contribution is 0.0836. The van der Waals surface area contributed by atoms with Gasteiger partial charge in [-0.05, 0) is 58.4 Å². The molecule has 0 aromatic heterocycles. The lowest BCUT2D eigenvalue weighted by Crippen LogP contribution is -2.29. The molecule has 31 heavy (non-hydrogen) atoms.